The van der Waals surface area contributed by atoms with E-state index in [1.807, 2.05) is 4.90 Å². The number of aliphatic hydroxyl groups is 3. The molecule has 0 radical (unpaired) electrons. The number of phenolic OH excluding ortho intramolecular Hbond substituents is 1. The average molecular weight is 439 g/mol. The van der Waals surface area contributed by atoms with Gasteiger partial charge >= 0.3 is 0 Å². The van der Waals surface area contributed by atoms with Crippen LogP contribution in [0, 0.1) is 17.2 Å². The first-order valence-corrected chi connectivity index (χ1v) is 10.8. The van der Waals surface area contributed by atoms with Crippen LogP contribution in [0.25, 0.3) is 5.76 Å². The standard InChI is InChI=1S/C23H25N3O6/c24-20-16(22(25)31)19(29)17(26-6-1-2-7-26)12-9-11-8-10-4-3-5-13(27)14(10)18(28)15(11)21(30)23(12,20)32/h3-5,11-12,17,24,27-29,32H,1-2,6-9H2,(H2,25,31)/t11-,12-,17+,23+/m0/s1. The minimum atomic E-state index is -2.43. The van der Waals surface area contributed by atoms with Crippen molar-refractivity contribution in [2.45, 2.75) is 37.3 Å². The quantitative estimate of drug-likeness (QED) is 0.399. The summed E-state index contributed by atoms with van der Waals surface area (Å²) < 4.78 is 0. The Morgan fingerprint density at radius 2 is 1.88 bits per heavy atom. The molecule has 0 bridgehead atoms. The second-order valence-electron chi connectivity index (χ2n) is 9.10. The number of rotatable bonds is 2. The van der Waals surface area contributed by atoms with Crippen molar-refractivity contribution < 1.29 is 30.0 Å². The van der Waals surface area contributed by atoms with Crippen LogP contribution in [0.5, 0.6) is 5.75 Å². The molecule has 5 rings (SSSR count). The van der Waals surface area contributed by atoms with Crippen LogP contribution in [0.4, 0.5) is 0 Å². The minimum absolute atomic E-state index is 0.0621. The second-order valence-corrected chi connectivity index (χ2v) is 9.10. The van der Waals surface area contributed by atoms with Gasteiger partial charge < -0.3 is 31.6 Å². The van der Waals surface area contributed by atoms with Crippen molar-refractivity contribution >= 4 is 23.2 Å². The first-order valence-electron chi connectivity index (χ1n) is 10.8. The van der Waals surface area contributed by atoms with Gasteiger partial charge in [0.25, 0.3) is 5.91 Å². The van der Waals surface area contributed by atoms with Crippen LogP contribution in [0.3, 0.4) is 0 Å². The topological polar surface area (TPSA) is 168 Å². The van der Waals surface area contributed by atoms with Crippen molar-refractivity contribution in [1.82, 2.24) is 4.90 Å². The van der Waals surface area contributed by atoms with E-state index in [1.54, 1.807) is 12.1 Å². The lowest BCUT2D eigenvalue weighted by molar-refractivity contribution is -0.139. The summed E-state index contributed by atoms with van der Waals surface area (Å²) in [6.45, 7) is 1.23. The molecule has 0 unspecified atom stereocenters. The molecule has 1 saturated heterocycles. The summed E-state index contributed by atoms with van der Waals surface area (Å²) in [6.07, 6.45) is 2.30. The molecule has 1 heterocycles. The SMILES string of the molecule is N=C1C(C(N)=O)=C(O)[C@H](N2CCCC2)[C@@H]2C[C@@H]3Cc4cccc(O)c4C(O)=C3C(=O)[C@]12O. The molecule has 1 aromatic carbocycles. The molecule has 4 aliphatic rings. The van der Waals surface area contributed by atoms with Crippen LogP contribution in [-0.4, -0.2) is 67.5 Å². The maximum atomic E-state index is 13.7. The number of nitrogens with one attached hydrogen (secondary N) is 1. The zero-order chi connectivity index (χ0) is 22.9. The predicted molar refractivity (Wildman–Crippen MR) is 114 cm³/mol. The van der Waals surface area contributed by atoms with Gasteiger partial charge in [0.15, 0.2) is 5.60 Å². The van der Waals surface area contributed by atoms with Crippen molar-refractivity contribution in [2.24, 2.45) is 17.6 Å². The van der Waals surface area contributed by atoms with Crippen LogP contribution in [0.15, 0.2) is 35.1 Å². The number of amides is 1. The number of benzene rings is 1. The van der Waals surface area contributed by atoms with Gasteiger partial charge in [0.05, 0.1) is 17.3 Å². The van der Waals surface area contributed by atoms with E-state index in [0.717, 1.165) is 12.8 Å². The van der Waals surface area contributed by atoms with E-state index in [1.165, 1.54) is 6.07 Å². The first-order chi connectivity index (χ1) is 15.2. The number of aromatic hydroxyl groups is 1. The Labute approximate surface area is 184 Å². The fraction of sp³-hybridized carbons (Fsp3) is 0.435. The molecule has 4 atom stereocenters. The number of hydrogen-bond acceptors (Lipinski definition) is 8. The van der Waals surface area contributed by atoms with E-state index >= 15 is 0 Å². The lowest BCUT2D eigenvalue weighted by atomic mass is 9.57. The van der Waals surface area contributed by atoms with E-state index in [-0.39, 0.29) is 29.1 Å². The van der Waals surface area contributed by atoms with Gasteiger partial charge in [-0.2, -0.15) is 0 Å². The number of nitrogens with two attached hydrogens (primary N) is 1. The van der Waals surface area contributed by atoms with Gasteiger partial charge in [0.1, 0.15) is 22.8 Å². The summed E-state index contributed by atoms with van der Waals surface area (Å²) in [5.74, 6) is -4.31. The summed E-state index contributed by atoms with van der Waals surface area (Å²) >= 11 is 0. The van der Waals surface area contributed by atoms with E-state index in [4.69, 9.17) is 11.1 Å². The van der Waals surface area contributed by atoms with Gasteiger partial charge in [0.2, 0.25) is 5.78 Å². The first kappa shape index (κ1) is 20.7. The molecule has 2 fully saturated rings. The smallest absolute Gasteiger partial charge is 0.254 e. The largest absolute Gasteiger partial charge is 0.510 e. The van der Waals surface area contributed by atoms with Crippen molar-refractivity contribution in [1.29, 1.82) is 5.41 Å². The number of fused-ring (bicyclic) bond motifs is 3. The van der Waals surface area contributed by atoms with Crippen LogP contribution in [0.2, 0.25) is 0 Å². The van der Waals surface area contributed by atoms with E-state index < -0.39 is 52.2 Å². The molecule has 1 aliphatic heterocycles. The molecule has 7 N–H and O–H groups in total. The highest BCUT2D eigenvalue weighted by molar-refractivity contribution is 6.33. The number of aliphatic hydroxyl groups excluding tert-OH is 2. The molecule has 0 aromatic heterocycles. The van der Waals surface area contributed by atoms with Gasteiger partial charge in [-0.25, -0.2) is 0 Å². The highest BCUT2D eigenvalue weighted by Crippen LogP contribution is 2.52. The summed E-state index contributed by atoms with van der Waals surface area (Å²) in [5.41, 5.74) is 2.48. The summed E-state index contributed by atoms with van der Waals surface area (Å²) in [5, 5.41) is 52.4. The third-order valence-corrected chi connectivity index (χ3v) is 7.49. The number of carbonyl (C=O) groups excluding carboxylic acids is 2. The normalized spacial score (nSPS) is 32.6. The Bertz CT molecular complexity index is 1130. The number of likely N-dealkylation sites (tertiary alicyclic amines) is 1. The molecular weight excluding hydrogens is 414 g/mol. The number of carbonyl (C=O) groups is 2. The van der Waals surface area contributed by atoms with Crippen molar-refractivity contribution in [3.05, 3.63) is 46.2 Å². The molecule has 3 aliphatic carbocycles. The third kappa shape index (κ3) is 2.55. The number of ketones is 1. The molecule has 1 saturated carbocycles. The molecular formula is C23H25N3O6. The Balaban J connectivity index is 1.71. The van der Waals surface area contributed by atoms with Gasteiger partial charge in [-0.15, -0.1) is 0 Å². The number of primary amides is 1. The Morgan fingerprint density at radius 3 is 2.53 bits per heavy atom. The second kappa shape index (κ2) is 6.91. The van der Waals surface area contributed by atoms with Crippen molar-refractivity contribution in [3.63, 3.8) is 0 Å². The molecule has 1 aromatic rings. The minimum Gasteiger partial charge on any atom is -0.510 e. The zero-order valence-corrected chi connectivity index (χ0v) is 17.3. The van der Waals surface area contributed by atoms with Crippen LogP contribution in [0.1, 0.15) is 30.4 Å². The van der Waals surface area contributed by atoms with E-state index in [2.05, 4.69) is 0 Å². The predicted octanol–water partition coefficient (Wildman–Crippen LogP) is 0.949. The molecule has 168 valence electrons. The van der Waals surface area contributed by atoms with Crippen LogP contribution >= 0.6 is 0 Å². The third-order valence-electron chi connectivity index (χ3n) is 7.49. The lowest BCUT2D eigenvalue weighted by Crippen LogP contribution is -2.67. The summed E-state index contributed by atoms with van der Waals surface area (Å²) in [4.78, 5) is 27.8. The average Bonchev–Trinajstić information content (AvgIpc) is 3.25. The van der Waals surface area contributed by atoms with E-state index in [0.29, 0.717) is 25.1 Å². The van der Waals surface area contributed by atoms with Crippen molar-refractivity contribution in [2.75, 3.05) is 13.1 Å². The molecule has 32 heavy (non-hydrogen) atoms. The Morgan fingerprint density at radius 1 is 1.19 bits per heavy atom. The number of Topliss-reactive ketones (excluding diaryl/α,β-unsaturated/α-hetero) is 1. The van der Waals surface area contributed by atoms with Crippen LogP contribution in [-0.2, 0) is 16.0 Å². The lowest BCUT2D eigenvalue weighted by Gasteiger charge is -2.51. The fourth-order valence-corrected chi connectivity index (χ4v) is 6.08. The van der Waals surface area contributed by atoms with Gasteiger partial charge in [-0.3, -0.25) is 14.5 Å². The number of hydrogen-bond donors (Lipinski definition) is 6. The summed E-state index contributed by atoms with van der Waals surface area (Å²) in [6, 6.07) is 3.98. The van der Waals surface area contributed by atoms with Gasteiger partial charge in [-0.05, 0) is 56.3 Å². The Kier molecular flexibility index (Phi) is 4.48. The Hall–Kier alpha value is -3.17. The monoisotopic (exact) mass is 439 g/mol. The highest BCUT2D eigenvalue weighted by atomic mass is 16.3. The summed E-state index contributed by atoms with van der Waals surface area (Å²) in [7, 11) is 0. The van der Waals surface area contributed by atoms with Gasteiger partial charge in [-0.1, -0.05) is 12.1 Å². The number of phenols is 1. The maximum absolute atomic E-state index is 13.7. The van der Waals surface area contributed by atoms with Crippen molar-refractivity contribution in [3.8, 4) is 5.75 Å². The zero-order valence-electron chi connectivity index (χ0n) is 17.3. The molecule has 1 amide bonds. The molecule has 9 heteroatoms. The maximum Gasteiger partial charge on any atom is 0.254 e. The molecule has 0 spiro atoms. The van der Waals surface area contributed by atoms with E-state index in [9.17, 15) is 30.0 Å². The fourth-order valence-electron chi connectivity index (χ4n) is 6.08. The van der Waals surface area contributed by atoms with Crippen LogP contribution < -0.4 is 5.73 Å². The molecule has 9 nitrogen and oxygen atoms in total. The highest BCUT2D eigenvalue weighted by Gasteiger charge is 2.63. The number of nitrogens with zero attached hydrogens (tertiary/aromatic N) is 1. The van der Waals surface area contributed by atoms with Gasteiger partial charge in [0, 0.05) is 11.5 Å².